The second kappa shape index (κ2) is 7.12. The number of nitrogens with one attached hydrogen (secondary N) is 2. The fourth-order valence-corrected chi connectivity index (χ4v) is 4.41. The molecule has 0 unspecified atom stereocenters. The maximum atomic E-state index is 12.4. The highest BCUT2D eigenvalue weighted by molar-refractivity contribution is 5.97. The molecule has 1 aromatic carbocycles. The Morgan fingerprint density at radius 1 is 1.21 bits per heavy atom. The molecule has 1 fully saturated rings. The number of carbonyl (C=O) groups excluding carboxylic acids is 2. The molecule has 4 heterocycles. The Labute approximate surface area is 189 Å². The smallest absolute Gasteiger partial charge is 0.262 e. The molecule has 0 radical (unpaired) electrons. The first kappa shape index (κ1) is 21.1. The van der Waals surface area contributed by atoms with Gasteiger partial charge < -0.3 is 25.7 Å². The maximum Gasteiger partial charge on any atom is 0.262 e. The minimum atomic E-state index is -1.71. The fourth-order valence-electron chi connectivity index (χ4n) is 4.41. The zero-order chi connectivity index (χ0) is 23.5. The molecular weight excluding hydrogens is 424 g/mol. The third-order valence-corrected chi connectivity index (χ3v) is 6.28. The van der Waals surface area contributed by atoms with Gasteiger partial charge in [-0.15, -0.1) is 0 Å². The van der Waals surface area contributed by atoms with Crippen molar-refractivity contribution in [3.8, 4) is 22.5 Å². The number of benzene rings is 1. The van der Waals surface area contributed by atoms with Gasteiger partial charge in [0.2, 0.25) is 11.5 Å². The van der Waals surface area contributed by atoms with E-state index in [0.29, 0.717) is 34.9 Å². The lowest BCUT2D eigenvalue weighted by Gasteiger charge is -2.19. The Bertz CT molecular complexity index is 1300. The molecule has 1 saturated heterocycles. The molecule has 10 heteroatoms. The van der Waals surface area contributed by atoms with Crippen LogP contribution in [0.25, 0.3) is 22.5 Å². The SMILES string of the molecule is CN1CC[C@@](O)(c2cc(-c3cccc(-c4cc(C(N)=O)c5c(n4)NNC5(C)C)c3)no2)C1=O. The normalized spacial score (nSPS) is 21.2. The van der Waals surface area contributed by atoms with Crippen LogP contribution in [0.2, 0.25) is 0 Å². The number of likely N-dealkylation sites (N-methyl/N-ethyl adjacent to an activating group) is 1. The number of primary amides is 1. The molecule has 1 atom stereocenters. The third kappa shape index (κ3) is 3.26. The number of hydrazine groups is 1. The monoisotopic (exact) mass is 448 g/mol. The van der Waals surface area contributed by atoms with Crippen molar-refractivity contribution in [1.82, 2.24) is 20.5 Å². The number of anilines is 1. The van der Waals surface area contributed by atoms with Crippen molar-refractivity contribution in [2.75, 3.05) is 19.0 Å². The lowest BCUT2D eigenvalue weighted by Crippen LogP contribution is -2.35. The molecule has 2 aromatic heterocycles. The number of amides is 2. The van der Waals surface area contributed by atoms with Gasteiger partial charge in [-0.2, -0.15) is 0 Å². The summed E-state index contributed by atoms with van der Waals surface area (Å²) >= 11 is 0. The average molecular weight is 448 g/mol. The van der Waals surface area contributed by atoms with Crippen LogP contribution in [0.1, 0.15) is 41.9 Å². The van der Waals surface area contributed by atoms with Crippen molar-refractivity contribution < 1.29 is 19.2 Å². The summed E-state index contributed by atoms with van der Waals surface area (Å²) in [4.78, 5) is 30.7. The summed E-state index contributed by atoms with van der Waals surface area (Å²) in [6.07, 6.45) is 0.239. The van der Waals surface area contributed by atoms with Crippen molar-refractivity contribution >= 4 is 17.6 Å². The Kier molecular flexibility index (Phi) is 4.56. The quantitative estimate of drug-likeness (QED) is 0.472. The summed E-state index contributed by atoms with van der Waals surface area (Å²) in [5, 5.41) is 14.9. The van der Waals surface area contributed by atoms with Crippen molar-refractivity contribution in [2.24, 2.45) is 5.73 Å². The summed E-state index contributed by atoms with van der Waals surface area (Å²) in [6, 6.07) is 10.6. The summed E-state index contributed by atoms with van der Waals surface area (Å²) in [6.45, 7) is 4.30. The number of nitrogens with zero attached hydrogens (tertiary/aromatic N) is 3. The van der Waals surface area contributed by atoms with E-state index in [9.17, 15) is 14.7 Å². The van der Waals surface area contributed by atoms with Crippen LogP contribution >= 0.6 is 0 Å². The Morgan fingerprint density at radius 3 is 2.61 bits per heavy atom. The van der Waals surface area contributed by atoms with Gasteiger partial charge in [-0.1, -0.05) is 23.4 Å². The standard InChI is InChI=1S/C23H24N6O4/c1-22(2)18-14(19(24)30)10-15(25-20(18)26-28-22)12-5-4-6-13(9-12)16-11-17(33-27-16)23(32)7-8-29(3)21(23)31/h4-6,9-11,28,32H,7-8H2,1-3H3,(H2,24,30)(H,25,26)/t23-/m1/s1. The Hall–Kier alpha value is -3.76. The van der Waals surface area contributed by atoms with Gasteiger partial charge in [0.25, 0.3) is 5.91 Å². The van der Waals surface area contributed by atoms with E-state index in [-0.39, 0.29) is 12.2 Å². The van der Waals surface area contributed by atoms with E-state index in [2.05, 4.69) is 21.0 Å². The molecule has 0 spiro atoms. The van der Waals surface area contributed by atoms with Crippen LogP contribution in [0.4, 0.5) is 5.82 Å². The Balaban J connectivity index is 1.53. The second-order valence-corrected chi connectivity index (χ2v) is 9.01. The Morgan fingerprint density at radius 2 is 1.94 bits per heavy atom. The van der Waals surface area contributed by atoms with Crippen molar-refractivity contribution in [1.29, 1.82) is 0 Å². The highest BCUT2D eigenvalue weighted by Crippen LogP contribution is 2.38. The van der Waals surface area contributed by atoms with Gasteiger partial charge >= 0.3 is 0 Å². The number of likely N-dealkylation sites (tertiary alicyclic amines) is 1. The first-order valence-electron chi connectivity index (χ1n) is 10.5. The van der Waals surface area contributed by atoms with Gasteiger partial charge in [-0.05, 0) is 26.0 Å². The summed E-state index contributed by atoms with van der Waals surface area (Å²) in [7, 11) is 1.64. The first-order chi connectivity index (χ1) is 15.6. The number of carbonyl (C=O) groups is 2. The first-order valence-corrected chi connectivity index (χ1v) is 10.5. The number of fused-ring (bicyclic) bond motifs is 1. The van der Waals surface area contributed by atoms with E-state index in [1.54, 1.807) is 19.2 Å². The van der Waals surface area contributed by atoms with E-state index in [1.165, 1.54) is 4.90 Å². The largest absolute Gasteiger partial charge is 0.373 e. The van der Waals surface area contributed by atoms with Gasteiger partial charge in [0.05, 0.1) is 16.8 Å². The molecule has 2 amide bonds. The van der Waals surface area contributed by atoms with Crippen LogP contribution in [0.15, 0.2) is 40.9 Å². The predicted octanol–water partition coefficient (Wildman–Crippen LogP) is 1.72. The average Bonchev–Trinajstić information content (AvgIpc) is 3.48. The highest BCUT2D eigenvalue weighted by atomic mass is 16.5. The van der Waals surface area contributed by atoms with Crippen LogP contribution in [0, 0.1) is 0 Å². The van der Waals surface area contributed by atoms with Crippen LogP contribution in [0.5, 0.6) is 0 Å². The molecule has 2 aliphatic heterocycles. The molecule has 170 valence electrons. The zero-order valence-corrected chi connectivity index (χ0v) is 18.5. The number of aliphatic hydroxyl groups is 1. The number of nitrogens with two attached hydrogens (primary N) is 1. The van der Waals surface area contributed by atoms with Gasteiger partial charge in [-0.3, -0.25) is 9.59 Å². The summed E-state index contributed by atoms with van der Waals surface area (Å²) in [5.74, 6) is -0.289. The van der Waals surface area contributed by atoms with Crippen molar-refractivity contribution in [3.05, 3.63) is 53.3 Å². The molecule has 5 N–H and O–H groups in total. The van der Waals surface area contributed by atoms with Gasteiger partial charge in [0.1, 0.15) is 11.5 Å². The second-order valence-electron chi connectivity index (χ2n) is 9.01. The number of aromatic nitrogens is 2. The van der Waals surface area contributed by atoms with E-state index in [0.717, 1.165) is 11.1 Å². The number of hydrogen-bond donors (Lipinski definition) is 4. The van der Waals surface area contributed by atoms with Crippen molar-refractivity contribution in [3.63, 3.8) is 0 Å². The van der Waals surface area contributed by atoms with Crippen LogP contribution in [-0.4, -0.2) is 45.6 Å². The van der Waals surface area contributed by atoms with Gasteiger partial charge in [-0.25, -0.2) is 10.4 Å². The number of hydrogen-bond acceptors (Lipinski definition) is 8. The van der Waals surface area contributed by atoms with E-state index < -0.39 is 23.0 Å². The zero-order valence-electron chi connectivity index (χ0n) is 18.5. The topological polar surface area (TPSA) is 147 Å². The van der Waals surface area contributed by atoms with E-state index in [1.807, 2.05) is 38.1 Å². The molecule has 5 rings (SSSR count). The molecule has 0 bridgehead atoms. The van der Waals surface area contributed by atoms with Crippen LogP contribution in [-0.2, 0) is 15.9 Å². The fraction of sp³-hybridized carbons (Fsp3) is 0.304. The van der Waals surface area contributed by atoms with Crippen LogP contribution < -0.4 is 16.6 Å². The van der Waals surface area contributed by atoms with E-state index in [4.69, 9.17) is 10.3 Å². The molecule has 2 aliphatic rings. The maximum absolute atomic E-state index is 12.4. The summed E-state index contributed by atoms with van der Waals surface area (Å²) < 4.78 is 5.36. The molecule has 33 heavy (non-hydrogen) atoms. The van der Waals surface area contributed by atoms with Gasteiger partial charge in [0, 0.05) is 42.8 Å². The van der Waals surface area contributed by atoms with Crippen LogP contribution in [0.3, 0.4) is 0 Å². The minimum absolute atomic E-state index is 0.112. The van der Waals surface area contributed by atoms with Crippen molar-refractivity contribution in [2.45, 2.75) is 31.4 Å². The number of pyridine rings is 1. The predicted molar refractivity (Wildman–Crippen MR) is 120 cm³/mol. The molecule has 0 saturated carbocycles. The molecular formula is C23H24N6O4. The summed E-state index contributed by atoms with van der Waals surface area (Å²) in [5.41, 5.74) is 13.2. The van der Waals surface area contributed by atoms with E-state index >= 15 is 0 Å². The molecule has 3 aromatic rings. The lowest BCUT2D eigenvalue weighted by molar-refractivity contribution is -0.144. The molecule has 10 nitrogen and oxygen atoms in total. The lowest BCUT2D eigenvalue weighted by atomic mass is 9.91. The number of rotatable bonds is 4. The molecule has 0 aliphatic carbocycles. The minimum Gasteiger partial charge on any atom is -0.373 e. The highest BCUT2D eigenvalue weighted by Gasteiger charge is 2.48. The van der Waals surface area contributed by atoms with Gasteiger partial charge in [0.15, 0.2) is 5.76 Å². The third-order valence-electron chi connectivity index (χ3n) is 6.28.